The van der Waals surface area contributed by atoms with Crippen molar-refractivity contribution < 1.29 is 28.7 Å². The third kappa shape index (κ3) is 7.01. The fourth-order valence-corrected chi connectivity index (χ4v) is 7.81. The van der Waals surface area contributed by atoms with E-state index in [1.54, 1.807) is 12.1 Å². The number of benzene rings is 3. The van der Waals surface area contributed by atoms with E-state index in [1.165, 1.54) is 12.1 Å². The van der Waals surface area contributed by atoms with Gasteiger partial charge in [0.05, 0.1) is 29.4 Å². The Morgan fingerprint density at radius 3 is 2.79 bits per heavy atom. The van der Waals surface area contributed by atoms with Gasteiger partial charge in [-0.05, 0) is 67.3 Å². The molecule has 2 aromatic heterocycles. The van der Waals surface area contributed by atoms with E-state index in [1.807, 2.05) is 35.2 Å². The average molecular weight is 676 g/mol. The van der Waals surface area contributed by atoms with Crippen LogP contribution in [0, 0.1) is 5.82 Å². The van der Waals surface area contributed by atoms with Crippen LogP contribution in [0.25, 0.3) is 21.2 Å². The molecule has 0 bridgehead atoms. The normalized spacial score (nSPS) is 17.4. The number of morpholine rings is 1. The highest BCUT2D eigenvalue weighted by Gasteiger charge is 2.41. The monoisotopic (exact) mass is 675 g/mol. The topological polar surface area (TPSA) is 144 Å². The molecule has 1 atom stereocenters. The number of aliphatic hydroxyl groups is 1. The van der Waals surface area contributed by atoms with Crippen LogP contribution in [-0.4, -0.2) is 87.5 Å². The van der Waals surface area contributed by atoms with Gasteiger partial charge in [-0.3, -0.25) is 14.5 Å². The molecule has 11 nitrogen and oxygen atoms in total. The number of halogens is 1. The van der Waals surface area contributed by atoms with Gasteiger partial charge in [-0.1, -0.05) is 40.8 Å². The molecular weight excluding hydrogens is 637 g/mol. The number of carbonyl (C=O) groups excluding carboxylic acids is 1. The minimum Gasteiger partial charge on any atom is -0.506 e. The first-order valence-corrected chi connectivity index (χ1v) is 17.1. The third-order valence-electron chi connectivity index (χ3n) is 9.44. The molecule has 0 radical (unpaired) electrons. The molecule has 2 fully saturated rings. The Morgan fingerprint density at radius 1 is 1.12 bits per heavy atom. The Balaban J connectivity index is 0.893. The van der Waals surface area contributed by atoms with E-state index in [4.69, 9.17) is 9.26 Å². The highest BCUT2D eigenvalue weighted by Crippen LogP contribution is 2.33. The number of nitrogens with one attached hydrogen (secondary N) is 2. The molecule has 2 saturated heterocycles. The first-order valence-electron chi connectivity index (χ1n) is 16.2. The van der Waals surface area contributed by atoms with Crippen LogP contribution in [0.1, 0.15) is 41.3 Å². The van der Waals surface area contributed by atoms with Crippen LogP contribution in [0.4, 0.5) is 4.39 Å². The van der Waals surface area contributed by atoms with Gasteiger partial charge in [0.25, 0.3) is 0 Å². The number of piperidine rings is 1. The maximum absolute atomic E-state index is 14.7. The summed E-state index contributed by atoms with van der Waals surface area (Å²) in [6.07, 6.45) is 1.45. The number of para-hydroxylation sites is 1. The Bertz CT molecular complexity index is 1980. The van der Waals surface area contributed by atoms with Crippen LogP contribution in [0.5, 0.6) is 5.75 Å². The van der Waals surface area contributed by atoms with Gasteiger partial charge in [0.2, 0.25) is 5.91 Å². The largest absolute Gasteiger partial charge is 0.506 e. The molecule has 3 aromatic carbocycles. The highest BCUT2D eigenvalue weighted by molar-refractivity contribution is 7.16. The number of phenolic OH excluding ortho intramolecular Hbond substituents is 1. The van der Waals surface area contributed by atoms with Gasteiger partial charge in [0.1, 0.15) is 22.8 Å². The lowest BCUT2D eigenvalue weighted by molar-refractivity contribution is -0.159. The number of aromatic amines is 1. The van der Waals surface area contributed by atoms with E-state index in [2.05, 4.69) is 20.4 Å². The second kappa shape index (κ2) is 13.8. The van der Waals surface area contributed by atoms with E-state index < -0.39 is 6.10 Å². The molecule has 13 heteroatoms. The lowest BCUT2D eigenvalue weighted by Crippen LogP contribution is -2.58. The Labute approximate surface area is 279 Å². The van der Waals surface area contributed by atoms with Crippen LogP contribution in [-0.2, 0) is 28.9 Å². The zero-order valence-corrected chi connectivity index (χ0v) is 27.2. The zero-order chi connectivity index (χ0) is 33.3. The Morgan fingerprint density at radius 2 is 1.94 bits per heavy atom. The number of aromatic nitrogens is 2. The number of ether oxygens (including phenoxy) is 1. The molecule has 4 N–H and O–H groups in total. The summed E-state index contributed by atoms with van der Waals surface area (Å²) in [5, 5.41) is 29.0. The first kappa shape index (κ1) is 32.4. The second-order valence-corrected chi connectivity index (χ2v) is 13.7. The average Bonchev–Trinajstić information content (AvgIpc) is 3.68. The number of aliphatic hydroxyl groups excluding tert-OH is 1. The molecule has 5 aromatic rings. The fraction of sp³-hybridized carbons (Fsp3) is 0.400. The minimum atomic E-state index is -0.878. The lowest BCUT2D eigenvalue weighted by atomic mass is 9.89. The molecule has 1 spiro atoms. The van der Waals surface area contributed by atoms with Crippen molar-refractivity contribution in [3.05, 3.63) is 92.5 Å². The quantitative estimate of drug-likeness (QED) is 0.162. The maximum Gasteiger partial charge on any atom is 0.305 e. The van der Waals surface area contributed by atoms with Crippen LogP contribution in [0.15, 0.2) is 63.9 Å². The van der Waals surface area contributed by atoms with Gasteiger partial charge in [-0.25, -0.2) is 4.39 Å². The SMILES string of the molecule is O=C(Cc1noc2ccccc12)N1CCOC2(CCN(Cc3cc(F)cc(CCNC[C@H](O)c4ccc(O)c5[nH]c(=O)sc45)c3)CC2)C1. The van der Waals surface area contributed by atoms with Crippen LogP contribution in [0.2, 0.25) is 0 Å². The molecule has 48 heavy (non-hydrogen) atoms. The Hall–Kier alpha value is -4.14. The number of rotatable bonds is 10. The van der Waals surface area contributed by atoms with Gasteiger partial charge in [-0.2, -0.15) is 0 Å². The van der Waals surface area contributed by atoms with Crippen molar-refractivity contribution >= 4 is 38.4 Å². The molecule has 0 saturated carbocycles. The van der Waals surface area contributed by atoms with E-state index in [-0.39, 0.29) is 40.9 Å². The fourth-order valence-electron chi connectivity index (χ4n) is 6.89. The van der Waals surface area contributed by atoms with Gasteiger partial charge in [0, 0.05) is 50.2 Å². The molecule has 0 aliphatic carbocycles. The number of amides is 1. The predicted molar refractivity (Wildman–Crippen MR) is 180 cm³/mol. The molecule has 0 unspecified atom stereocenters. The van der Waals surface area contributed by atoms with E-state index in [0.29, 0.717) is 66.3 Å². The Kier molecular flexibility index (Phi) is 9.30. The molecule has 2 aliphatic rings. The summed E-state index contributed by atoms with van der Waals surface area (Å²) in [6, 6.07) is 15.8. The molecule has 7 rings (SSSR count). The van der Waals surface area contributed by atoms with Crippen LogP contribution >= 0.6 is 11.3 Å². The highest BCUT2D eigenvalue weighted by atomic mass is 32.1. The van der Waals surface area contributed by atoms with Gasteiger partial charge in [0.15, 0.2) is 5.58 Å². The van der Waals surface area contributed by atoms with E-state index >= 15 is 0 Å². The van der Waals surface area contributed by atoms with Crippen molar-refractivity contribution in [1.29, 1.82) is 0 Å². The van der Waals surface area contributed by atoms with Crippen molar-refractivity contribution in [1.82, 2.24) is 25.3 Å². The molecule has 2 aliphatic heterocycles. The second-order valence-electron chi connectivity index (χ2n) is 12.8. The van der Waals surface area contributed by atoms with Gasteiger partial charge < -0.3 is 34.7 Å². The summed E-state index contributed by atoms with van der Waals surface area (Å²) in [4.78, 5) is 31.6. The van der Waals surface area contributed by atoms with E-state index in [9.17, 15) is 24.2 Å². The van der Waals surface area contributed by atoms with Crippen LogP contribution in [0.3, 0.4) is 0 Å². The van der Waals surface area contributed by atoms with Crippen molar-refractivity contribution in [2.45, 2.75) is 43.9 Å². The molecule has 252 valence electrons. The van der Waals surface area contributed by atoms with Gasteiger partial charge in [-0.15, -0.1) is 0 Å². The number of H-pyrrole nitrogens is 1. The first-order chi connectivity index (χ1) is 23.2. The summed E-state index contributed by atoms with van der Waals surface area (Å²) in [7, 11) is 0. The van der Waals surface area contributed by atoms with Crippen molar-refractivity contribution in [2.75, 3.05) is 45.9 Å². The molecule has 1 amide bonds. The standard InChI is InChI=1S/C35H38FN5O6S/c36-24-16-22(7-10-37-19-29(43)26-5-6-28(42)32-33(26)48-34(45)38-32)15-23(17-24)20-40-11-8-35(9-12-40)21-41(13-14-46-35)31(44)18-27-25-3-1-2-4-30(25)47-39-27/h1-6,15-17,29,37,42-43H,7-14,18-21H2,(H,38,45)/t29-/m0/s1. The number of thiazole rings is 1. The van der Waals surface area contributed by atoms with Crippen molar-refractivity contribution in [3.8, 4) is 5.75 Å². The van der Waals surface area contributed by atoms with Crippen molar-refractivity contribution in [2.24, 2.45) is 0 Å². The zero-order valence-electron chi connectivity index (χ0n) is 26.4. The number of fused-ring (bicyclic) bond motifs is 2. The number of likely N-dealkylation sites (tertiary alicyclic amines) is 1. The number of nitrogens with zero attached hydrogens (tertiary/aromatic N) is 3. The smallest absolute Gasteiger partial charge is 0.305 e. The number of phenols is 1. The summed E-state index contributed by atoms with van der Waals surface area (Å²) >= 11 is 0.951. The van der Waals surface area contributed by atoms with E-state index in [0.717, 1.165) is 53.8 Å². The summed E-state index contributed by atoms with van der Waals surface area (Å²) in [5.41, 5.74) is 3.60. The van der Waals surface area contributed by atoms with Crippen LogP contribution < -0.4 is 10.2 Å². The number of hydrogen-bond acceptors (Lipinski definition) is 10. The third-order valence-corrected chi connectivity index (χ3v) is 10.4. The number of aromatic hydroxyl groups is 1. The summed E-state index contributed by atoms with van der Waals surface area (Å²) in [6.45, 7) is 4.54. The number of carbonyl (C=O) groups is 1. The van der Waals surface area contributed by atoms with Gasteiger partial charge >= 0.3 is 4.87 Å². The predicted octanol–water partition coefficient (Wildman–Crippen LogP) is 3.88. The molecule has 4 heterocycles. The number of hydrogen-bond donors (Lipinski definition) is 4. The molecular formula is C35H38FN5O6S. The lowest BCUT2D eigenvalue weighted by Gasteiger charge is -2.47. The minimum absolute atomic E-state index is 0.0205. The summed E-state index contributed by atoms with van der Waals surface area (Å²) in [5.74, 6) is -0.297. The summed E-state index contributed by atoms with van der Waals surface area (Å²) < 4.78 is 26.9. The van der Waals surface area contributed by atoms with Crippen molar-refractivity contribution in [3.63, 3.8) is 0 Å². The maximum atomic E-state index is 14.7.